The number of carbonyl (C=O) groups excluding carboxylic acids is 1. The van der Waals surface area contributed by atoms with Gasteiger partial charge in [-0.05, 0) is 49.4 Å². The Labute approximate surface area is 177 Å². The minimum Gasteiger partial charge on any atom is -0.494 e. The van der Waals surface area contributed by atoms with Crippen molar-refractivity contribution in [2.24, 2.45) is 0 Å². The third-order valence-electron chi connectivity index (χ3n) is 4.51. The molecule has 0 aliphatic carbocycles. The van der Waals surface area contributed by atoms with Gasteiger partial charge in [0, 0.05) is 28.7 Å². The van der Waals surface area contributed by atoms with Gasteiger partial charge in [-0.25, -0.2) is 4.52 Å². The minimum absolute atomic E-state index is 0.107. The van der Waals surface area contributed by atoms with Crippen LogP contribution in [-0.2, 0) is 11.3 Å². The number of rotatable bonds is 6. The number of nitrogens with zero attached hydrogens (tertiary/aromatic N) is 3. The largest absolute Gasteiger partial charge is 0.494 e. The van der Waals surface area contributed by atoms with Crippen molar-refractivity contribution in [1.82, 2.24) is 14.2 Å². The van der Waals surface area contributed by atoms with Crippen molar-refractivity contribution in [1.29, 1.82) is 0 Å². The first kappa shape index (κ1) is 19.7. The van der Waals surface area contributed by atoms with Crippen LogP contribution in [0, 0.1) is 0 Å². The summed E-state index contributed by atoms with van der Waals surface area (Å²) in [6.45, 7) is 2.37. The third-order valence-corrected chi connectivity index (χ3v) is 4.76. The molecule has 0 unspecified atom stereocenters. The van der Waals surface area contributed by atoms with Gasteiger partial charge in [-0.1, -0.05) is 23.7 Å². The van der Waals surface area contributed by atoms with Crippen LogP contribution in [0.3, 0.4) is 0 Å². The zero-order valence-electron chi connectivity index (χ0n) is 16.2. The Bertz CT molecular complexity index is 1240. The monoisotopic (exact) mass is 422 g/mol. The summed E-state index contributed by atoms with van der Waals surface area (Å²) < 4.78 is 8.25. The number of hydrogen-bond donors (Lipinski definition) is 1. The second-order valence-electron chi connectivity index (χ2n) is 6.60. The molecule has 2 aromatic carbocycles. The van der Waals surface area contributed by atoms with E-state index in [9.17, 15) is 9.59 Å². The maximum absolute atomic E-state index is 12.8. The van der Waals surface area contributed by atoms with E-state index in [-0.39, 0.29) is 18.0 Å². The van der Waals surface area contributed by atoms with Gasteiger partial charge in [-0.2, -0.15) is 5.10 Å². The SMILES string of the molecule is CCOc1ccc(NC(=O)Cn2ccn3nc(-c4ccc(Cl)cc4)cc3c2=O)cc1. The zero-order chi connectivity index (χ0) is 21.1. The number of ether oxygens (including phenoxy) is 1. The first-order valence-electron chi connectivity index (χ1n) is 9.41. The van der Waals surface area contributed by atoms with Gasteiger partial charge in [0.25, 0.3) is 5.56 Å². The smallest absolute Gasteiger partial charge is 0.277 e. The second kappa shape index (κ2) is 8.42. The molecule has 2 aromatic heterocycles. The Hall–Kier alpha value is -3.58. The van der Waals surface area contributed by atoms with Crippen molar-refractivity contribution >= 4 is 28.7 Å². The highest BCUT2D eigenvalue weighted by Crippen LogP contribution is 2.21. The van der Waals surface area contributed by atoms with Crippen LogP contribution in [0.2, 0.25) is 5.02 Å². The van der Waals surface area contributed by atoms with Gasteiger partial charge in [0.05, 0.1) is 12.3 Å². The number of carbonyl (C=O) groups is 1. The summed E-state index contributed by atoms with van der Waals surface area (Å²) in [5.41, 5.74) is 2.22. The van der Waals surface area contributed by atoms with Crippen molar-refractivity contribution in [2.75, 3.05) is 11.9 Å². The molecule has 4 aromatic rings. The summed E-state index contributed by atoms with van der Waals surface area (Å²) in [6, 6.07) is 16.0. The molecule has 0 radical (unpaired) electrons. The first-order valence-corrected chi connectivity index (χ1v) is 9.79. The number of benzene rings is 2. The Balaban J connectivity index is 1.52. The number of fused-ring (bicyclic) bond motifs is 1. The molecule has 0 atom stereocenters. The standard InChI is InChI=1S/C22H19ClN4O3/c1-2-30-18-9-7-17(8-10-18)24-21(28)14-26-11-12-27-20(22(26)29)13-19(25-27)15-3-5-16(23)6-4-15/h3-13H,2,14H2,1H3,(H,24,28). The number of hydrogen-bond acceptors (Lipinski definition) is 4. The molecule has 152 valence electrons. The lowest BCUT2D eigenvalue weighted by atomic mass is 10.1. The number of halogens is 1. The molecular weight excluding hydrogens is 404 g/mol. The number of amides is 1. The van der Waals surface area contributed by atoms with E-state index in [0.717, 1.165) is 11.3 Å². The lowest BCUT2D eigenvalue weighted by Crippen LogP contribution is -2.28. The van der Waals surface area contributed by atoms with Crippen molar-refractivity contribution in [2.45, 2.75) is 13.5 Å². The van der Waals surface area contributed by atoms with E-state index < -0.39 is 0 Å². The summed E-state index contributed by atoms with van der Waals surface area (Å²) in [5, 5.41) is 7.84. The fourth-order valence-electron chi connectivity index (χ4n) is 3.07. The van der Waals surface area contributed by atoms with Crippen LogP contribution in [0.1, 0.15) is 6.92 Å². The van der Waals surface area contributed by atoms with E-state index in [1.165, 1.54) is 9.08 Å². The molecule has 2 heterocycles. The van der Waals surface area contributed by atoms with E-state index >= 15 is 0 Å². The molecule has 0 saturated carbocycles. The molecule has 4 rings (SSSR count). The Morgan fingerprint density at radius 2 is 1.83 bits per heavy atom. The van der Waals surface area contributed by atoms with Crippen LogP contribution < -0.4 is 15.6 Å². The number of aromatic nitrogens is 3. The van der Waals surface area contributed by atoms with Crippen molar-refractivity contribution in [3.05, 3.63) is 82.4 Å². The molecule has 0 spiro atoms. The molecule has 1 N–H and O–H groups in total. The van der Waals surface area contributed by atoms with E-state index in [0.29, 0.717) is 28.5 Å². The lowest BCUT2D eigenvalue weighted by molar-refractivity contribution is -0.116. The fraction of sp³-hybridized carbons (Fsp3) is 0.136. The van der Waals surface area contributed by atoms with E-state index in [1.54, 1.807) is 54.9 Å². The summed E-state index contributed by atoms with van der Waals surface area (Å²) in [4.78, 5) is 25.2. The van der Waals surface area contributed by atoms with Gasteiger partial charge < -0.3 is 14.6 Å². The van der Waals surface area contributed by atoms with Gasteiger partial charge in [0.1, 0.15) is 17.8 Å². The van der Waals surface area contributed by atoms with Crippen LogP contribution in [-0.4, -0.2) is 26.7 Å². The number of anilines is 1. The van der Waals surface area contributed by atoms with E-state index in [1.807, 2.05) is 19.1 Å². The summed E-state index contributed by atoms with van der Waals surface area (Å²) in [7, 11) is 0. The summed E-state index contributed by atoms with van der Waals surface area (Å²) in [6.07, 6.45) is 3.20. The Morgan fingerprint density at radius 1 is 1.10 bits per heavy atom. The molecule has 0 aliphatic rings. The summed E-state index contributed by atoms with van der Waals surface area (Å²) in [5.74, 6) is 0.428. The van der Waals surface area contributed by atoms with Crippen LogP contribution in [0.15, 0.2) is 71.8 Å². The lowest BCUT2D eigenvalue weighted by Gasteiger charge is -2.08. The highest BCUT2D eigenvalue weighted by atomic mass is 35.5. The molecule has 1 amide bonds. The van der Waals surface area contributed by atoms with E-state index in [2.05, 4.69) is 10.4 Å². The molecule has 30 heavy (non-hydrogen) atoms. The van der Waals surface area contributed by atoms with Crippen LogP contribution in [0.25, 0.3) is 16.8 Å². The van der Waals surface area contributed by atoms with Gasteiger partial charge in [0.15, 0.2) is 0 Å². The van der Waals surface area contributed by atoms with Crippen LogP contribution in [0.5, 0.6) is 5.75 Å². The third kappa shape index (κ3) is 4.21. The molecule has 7 nitrogen and oxygen atoms in total. The molecule has 0 bridgehead atoms. The quantitative estimate of drug-likeness (QED) is 0.512. The van der Waals surface area contributed by atoms with Crippen LogP contribution >= 0.6 is 11.6 Å². The summed E-state index contributed by atoms with van der Waals surface area (Å²) >= 11 is 5.93. The van der Waals surface area contributed by atoms with E-state index in [4.69, 9.17) is 16.3 Å². The molecule has 8 heteroatoms. The van der Waals surface area contributed by atoms with Gasteiger partial charge >= 0.3 is 0 Å². The normalized spacial score (nSPS) is 10.9. The predicted octanol–water partition coefficient (Wildman–Crippen LogP) is 3.85. The minimum atomic E-state index is -0.303. The molecule has 0 fully saturated rings. The zero-order valence-corrected chi connectivity index (χ0v) is 17.0. The Morgan fingerprint density at radius 3 is 2.53 bits per heavy atom. The highest BCUT2D eigenvalue weighted by Gasteiger charge is 2.11. The van der Waals surface area contributed by atoms with Crippen LogP contribution in [0.4, 0.5) is 5.69 Å². The van der Waals surface area contributed by atoms with Crippen molar-refractivity contribution < 1.29 is 9.53 Å². The van der Waals surface area contributed by atoms with Gasteiger partial charge in [0.2, 0.25) is 5.91 Å². The fourth-order valence-corrected chi connectivity index (χ4v) is 3.19. The van der Waals surface area contributed by atoms with Gasteiger partial charge in [-0.3, -0.25) is 9.59 Å². The second-order valence-corrected chi connectivity index (χ2v) is 7.04. The average molecular weight is 423 g/mol. The number of nitrogens with one attached hydrogen (secondary N) is 1. The highest BCUT2D eigenvalue weighted by molar-refractivity contribution is 6.30. The Kier molecular flexibility index (Phi) is 5.54. The average Bonchev–Trinajstić information content (AvgIpc) is 3.17. The first-order chi connectivity index (χ1) is 14.5. The van der Waals surface area contributed by atoms with Crippen molar-refractivity contribution in [3.63, 3.8) is 0 Å². The molecule has 0 saturated heterocycles. The molecular formula is C22H19ClN4O3. The maximum Gasteiger partial charge on any atom is 0.277 e. The van der Waals surface area contributed by atoms with Gasteiger partial charge in [-0.15, -0.1) is 0 Å². The maximum atomic E-state index is 12.8. The predicted molar refractivity (Wildman–Crippen MR) is 116 cm³/mol. The molecule has 0 aliphatic heterocycles. The van der Waals surface area contributed by atoms with Crippen molar-refractivity contribution in [3.8, 4) is 17.0 Å². The topological polar surface area (TPSA) is 77.6 Å².